The van der Waals surface area contributed by atoms with Crippen LogP contribution >= 0.6 is 22.6 Å². The summed E-state index contributed by atoms with van der Waals surface area (Å²) < 4.78 is 6.16. The number of aromatic nitrogens is 2. The normalized spacial score (nSPS) is 12.5. The fraction of sp³-hybridized carbons (Fsp3) is 0.600. The molecule has 1 rings (SSSR count). The van der Waals surface area contributed by atoms with Gasteiger partial charge in [0.05, 0.1) is 12.3 Å². The fourth-order valence-corrected chi connectivity index (χ4v) is 1.36. The Labute approximate surface area is 103 Å². The van der Waals surface area contributed by atoms with Crippen molar-refractivity contribution in [3.05, 3.63) is 17.5 Å². The Morgan fingerprint density at radius 1 is 1.73 bits per heavy atom. The van der Waals surface area contributed by atoms with Crippen molar-refractivity contribution in [1.29, 1.82) is 0 Å². The molecule has 1 heterocycles. The van der Waals surface area contributed by atoms with Gasteiger partial charge in [0.2, 0.25) is 0 Å². The number of alkyl halides is 1. The molecule has 0 saturated heterocycles. The summed E-state index contributed by atoms with van der Waals surface area (Å²) in [6.07, 6.45) is 2.33. The Kier molecular flexibility index (Phi) is 5.07. The maximum absolute atomic E-state index is 11.6. The molecule has 0 aliphatic heterocycles. The third kappa shape index (κ3) is 3.48. The largest absolute Gasteiger partial charge is 0.462 e. The highest BCUT2D eigenvalue weighted by Gasteiger charge is 2.14. The fourth-order valence-electron chi connectivity index (χ4n) is 1.10. The van der Waals surface area contributed by atoms with Crippen molar-refractivity contribution in [2.75, 3.05) is 11.0 Å². The Morgan fingerprint density at radius 2 is 2.47 bits per heavy atom. The molecule has 0 aromatic carbocycles. The minimum atomic E-state index is -0.280. The topological polar surface area (TPSA) is 55.0 Å². The number of aryl methyl sites for hydroxylation is 1. The first-order chi connectivity index (χ1) is 7.19. The van der Waals surface area contributed by atoms with Crippen molar-refractivity contribution in [1.82, 2.24) is 10.2 Å². The molecule has 5 heteroatoms. The molecule has 0 aliphatic rings. The molecule has 0 fully saturated rings. The molecule has 0 amide bonds. The van der Waals surface area contributed by atoms with E-state index in [0.717, 1.165) is 16.5 Å². The van der Waals surface area contributed by atoms with Gasteiger partial charge in [-0.25, -0.2) is 4.79 Å². The highest BCUT2D eigenvalue weighted by molar-refractivity contribution is 14.1. The number of aromatic amines is 1. The van der Waals surface area contributed by atoms with Gasteiger partial charge in [0.1, 0.15) is 5.56 Å². The average molecular weight is 322 g/mol. The SMILES string of the molecule is CCc1n[nH]cc1C(=O)OCC(C)CI. The molecule has 0 bridgehead atoms. The minimum absolute atomic E-state index is 0.280. The second kappa shape index (κ2) is 6.09. The number of hydrogen-bond donors (Lipinski definition) is 1. The first kappa shape index (κ1) is 12.5. The van der Waals surface area contributed by atoms with E-state index in [2.05, 4.69) is 39.7 Å². The van der Waals surface area contributed by atoms with E-state index >= 15 is 0 Å². The maximum Gasteiger partial charge on any atom is 0.341 e. The standard InChI is InChI=1S/C10H15IN2O2/c1-3-9-8(5-12-13-9)10(14)15-6-7(2)4-11/h5,7H,3-4,6H2,1-2H3,(H,12,13). The zero-order valence-electron chi connectivity index (χ0n) is 8.92. The number of H-pyrrole nitrogens is 1. The smallest absolute Gasteiger partial charge is 0.341 e. The van der Waals surface area contributed by atoms with Gasteiger partial charge in [-0.2, -0.15) is 5.10 Å². The first-order valence-electron chi connectivity index (χ1n) is 4.94. The number of ether oxygens (including phenoxy) is 1. The number of rotatable bonds is 5. The number of nitrogens with one attached hydrogen (secondary N) is 1. The van der Waals surface area contributed by atoms with Crippen molar-refractivity contribution in [3.63, 3.8) is 0 Å². The van der Waals surface area contributed by atoms with Gasteiger partial charge in [-0.15, -0.1) is 0 Å². The molecule has 0 saturated carbocycles. The lowest BCUT2D eigenvalue weighted by molar-refractivity contribution is 0.0461. The average Bonchev–Trinajstić information content (AvgIpc) is 2.73. The minimum Gasteiger partial charge on any atom is -0.462 e. The first-order valence-corrected chi connectivity index (χ1v) is 6.47. The summed E-state index contributed by atoms with van der Waals surface area (Å²) >= 11 is 2.28. The molecule has 15 heavy (non-hydrogen) atoms. The van der Waals surface area contributed by atoms with Crippen molar-refractivity contribution in [2.45, 2.75) is 20.3 Å². The molecular weight excluding hydrogens is 307 g/mol. The van der Waals surface area contributed by atoms with Gasteiger partial charge in [0, 0.05) is 10.6 Å². The van der Waals surface area contributed by atoms with Crippen LogP contribution in [-0.2, 0) is 11.2 Å². The van der Waals surface area contributed by atoms with E-state index in [1.165, 1.54) is 0 Å². The van der Waals surface area contributed by atoms with Crippen molar-refractivity contribution < 1.29 is 9.53 Å². The van der Waals surface area contributed by atoms with Crippen LogP contribution in [0.3, 0.4) is 0 Å². The van der Waals surface area contributed by atoms with Crippen LogP contribution < -0.4 is 0 Å². The van der Waals surface area contributed by atoms with Crippen LogP contribution in [0.5, 0.6) is 0 Å². The lowest BCUT2D eigenvalue weighted by atomic mass is 10.2. The van der Waals surface area contributed by atoms with E-state index in [9.17, 15) is 4.79 Å². The quantitative estimate of drug-likeness (QED) is 0.514. The van der Waals surface area contributed by atoms with Crippen LogP contribution in [0, 0.1) is 5.92 Å². The number of halogens is 1. The maximum atomic E-state index is 11.6. The predicted molar refractivity (Wildman–Crippen MR) is 66.3 cm³/mol. The van der Waals surface area contributed by atoms with Crippen molar-refractivity contribution in [2.24, 2.45) is 5.92 Å². The van der Waals surface area contributed by atoms with Crippen LogP contribution in [0.4, 0.5) is 0 Å². The third-order valence-corrected chi connectivity index (χ3v) is 3.54. The number of carbonyl (C=O) groups is 1. The molecule has 4 nitrogen and oxygen atoms in total. The van der Waals surface area contributed by atoms with E-state index in [1.807, 2.05) is 6.92 Å². The van der Waals surface area contributed by atoms with E-state index in [-0.39, 0.29) is 5.97 Å². The molecule has 1 atom stereocenters. The van der Waals surface area contributed by atoms with Crippen LogP contribution in [-0.4, -0.2) is 27.2 Å². The summed E-state index contributed by atoms with van der Waals surface area (Å²) in [5, 5.41) is 6.66. The molecule has 1 unspecified atom stereocenters. The molecule has 0 radical (unpaired) electrons. The van der Waals surface area contributed by atoms with E-state index in [4.69, 9.17) is 4.74 Å². The zero-order chi connectivity index (χ0) is 11.3. The summed E-state index contributed by atoms with van der Waals surface area (Å²) in [7, 11) is 0. The molecule has 1 N–H and O–H groups in total. The zero-order valence-corrected chi connectivity index (χ0v) is 11.1. The lowest BCUT2D eigenvalue weighted by Crippen LogP contribution is -2.13. The summed E-state index contributed by atoms with van der Waals surface area (Å²) in [5.74, 6) is 0.115. The van der Waals surface area contributed by atoms with Gasteiger partial charge in [-0.3, -0.25) is 5.10 Å². The van der Waals surface area contributed by atoms with Gasteiger partial charge >= 0.3 is 5.97 Å². The summed E-state index contributed by atoms with van der Waals surface area (Å²) in [6.45, 7) is 4.48. The van der Waals surface area contributed by atoms with Crippen LogP contribution in [0.2, 0.25) is 0 Å². The second-order valence-electron chi connectivity index (χ2n) is 3.46. The number of carbonyl (C=O) groups excluding carboxylic acids is 1. The highest BCUT2D eigenvalue weighted by atomic mass is 127. The third-order valence-electron chi connectivity index (χ3n) is 2.04. The Hall–Kier alpha value is -0.590. The number of nitrogens with zero attached hydrogens (tertiary/aromatic N) is 1. The van der Waals surface area contributed by atoms with Gasteiger partial charge in [0.25, 0.3) is 0 Å². The Bertz CT molecular complexity index is 325. The molecule has 1 aromatic rings. The van der Waals surface area contributed by atoms with E-state index < -0.39 is 0 Å². The monoisotopic (exact) mass is 322 g/mol. The van der Waals surface area contributed by atoms with Crippen LogP contribution in [0.15, 0.2) is 6.20 Å². The summed E-state index contributed by atoms with van der Waals surface area (Å²) in [5.41, 5.74) is 1.32. The lowest BCUT2D eigenvalue weighted by Gasteiger charge is -2.08. The van der Waals surface area contributed by atoms with E-state index in [1.54, 1.807) is 6.20 Å². The number of hydrogen-bond acceptors (Lipinski definition) is 3. The van der Waals surface area contributed by atoms with Gasteiger partial charge in [-0.1, -0.05) is 36.4 Å². The molecule has 1 aromatic heterocycles. The van der Waals surface area contributed by atoms with Gasteiger partial charge in [-0.05, 0) is 12.3 Å². The number of esters is 1. The molecule has 84 valence electrons. The molecular formula is C10H15IN2O2. The van der Waals surface area contributed by atoms with E-state index in [0.29, 0.717) is 18.1 Å². The predicted octanol–water partition coefficient (Wildman–Crippen LogP) is 2.20. The van der Waals surface area contributed by atoms with Crippen molar-refractivity contribution >= 4 is 28.6 Å². The second-order valence-corrected chi connectivity index (χ2v) is 4.34. The summed E-state index contributed by atoms with van der Waals surface area (Å²) in [6, 6.07) is 0. The van der Waals surface area contributed by atoms with Crippen LogP contribution in [0.1, 0.15) is 29.9 Å². The van der Waals surface area contributed by atoms with Crippen molar-refractivity contribution in [3.8, 4) is 0 Å². The van der Waals surface area contributed by atoms with Crippen LogP contribution in [0.25, 0.3) is 0 Å². The summed E-state index contributed by atoms with van der Waals surface area (Å²) in [4.78, 5) is 11.6. The van der Waals surface area contributed by atoms with Gasteiger partial charge < -0.3 is 4.74 Å². The molecule has 0 spiro atoms. The Morgan fingerprint density at radius 3 is 3.07 bits per heavy atom. The Balaban J connectivity index is 2.54. The highest BCUT2D eigenvalue weighted by Crippen LogP contribution is 2.09. The van der Waals surface area contributed by atoms with Gasteiger partial charge in [0.15, 0.2) is 0 Å². The molecule has 0 aliphatic carbocycles.